The molecule has 1 heterocycles. The number of carbonyl (C=O) groups is 3. The number of anilines is 1. The van der Waals surface area contributed by atoms with Gasteiger partial charge in [0, 0.05) is 24.7 Å². The molecule has 0 aromatic heterocycles. The van der Waals surface area contributed by atoms with Crippen LogP contribution in [0.4, 0.5) is 10.5 Å². The molecule has 0 radical (unpaired) electrons. The lowest BCUT2D eigenvalue weighted by molar-refractivity contribution is -0.121. The van der Waals surface area contributed by atoms with Crippen LogP contribution in [0.1, 0.15) is 44.0 Å². The van der Waals surface area contributed by atoms with Crippen molar-refractivity contribution in [3.05, 3.63) is 29.8 Å². The number of carboxylic acids is 1. The van der Waals surface area contributed by atoms with Gasteiger partial charge >= 0.3 is 12.1 Å². The summed E-state index contributed by atoms with van der Waals surface area (Å²) >= 11 is 0. The van der Waals surface area contributed by atoms with Crippen LogP contribution in [0.3, 0.4) is 0 Å². The first-order chi connectivity index (χ1) is 11.7. The van der Waals surface area contributed by atoms with Crippen molar-refractivity contribution in [2.75, 3.05) is 18.4 Å². The molecule has 7 nitrogen and oxygen atoms in total. The molecule has 0 bridgehead atoms. The summed E-state index contributed by atoms with van der Waals surface area (Å²) in [4.78, 5) is 36.8. The van der Waals surface area contributed by atoms with Gasteiger partial charge in [0.05, 0.1) is 5.56 Å². The summed E-state index contributed by atoms with van der Waals surface area (Å²) in [6.07, 6.45) is 0.784. The van der Waals surface area contributed by atoms with Gasteiger partial charge in [-0.15, -0.1) is 0 Å². The van der Waals surface area contributed by atoms with Gasteiger partial charge in [0.2, 0.25) is 5.91 Å². The Bertz CT molecular complexity index is 640. The molecule has 25 heavy (non-hydrogen) atoms. The van der Waals surface area contributed by atoms with Gasteiger partial charge in [-0.1, -0.05) is 0 Å². The van der Waals surface area contributed by atoms with E-state index >= 15 is 0 Å². The van der Waals surface area contributed by atoms with Crippen LogP contribution >= 0.6 is 0 Å². The first-order valence-electron chi connectivity index (χ1n) is 8.28. The van der Waals surface area contributed by atoms with Crippen molar-refractivity contribution in [3.8, 4) is 0 Å². The Balaban J connectivity index is 1.84. The molecule has 0 unspecified atom stereocenters. The van der Waals surface area contributed by atoms with E-state index in [4.69, 9.17) is 9.84 Å². The Morgan fingerprint density at radius 3 is 2.16 bits per heavy atom. The number of nitrogens with one attached hydrogen (secondary N) is 1. The topological polar surface area (TPSA) is 95.9 Å². The third kappa shape index (κ3) is 5.48. The molecule has 0 aliphatic carbocycles. The van der Waals surface area contributed by atoms with Crippen molar-refractivity contribution in [3.63, 3.8) is 0 Å². The molecule has 0 atom stereocenters. The number of nitrogens with zero attached hydrogens (tertiary/aromatic N) is 1. The second kappa shape index (κ2) is 7.55. The highest BCUT2D eigenvalue weighted by Gasteiger charge is 2.29. The average Bonchev–Trinajstić information content (AvgIpc) is 2.54. The van der Waals surface area contributed by atoms with E-state index in [0.717, 1.165) is 0 Å². The number of carbonyl (C=O) groups excluding carboxylic acids is 2. The highest BCUT2D eigenvalue weighted by atomic mass is 16.6. The van der Waals surface area contributed by atoms with E-state index in [9.17, 15) is 14.4 Å². The van der Waals surface area contributed by atoms with E-state index < -0.39 is 11.6 Å². The Labute approximate surface area is 147 Å². The number of carboxylic acid groups (broad SMARTS) is 1. The molecule has 0 saturated carbocycles. The first kappa shape index (κ1) is 18.8. The lowest BCUT2D eigenvalue weighted by Crippen LogP contribution is -2.43. The van der Waals surface area contributed by atoms with Gasteiger partial charge in [-0.2, -0.15) is 0 Å². The number of amides is 2. The van der Waals surface area contributed by atoms with Crippen molar-refractivity contribution in [1.29, 1.82) is 0 Å². The minimum Gasteiger partial charge on any atom is -0.478 e. The van der Waals surface area contributed by atoms with E-state index in [0.29, 0.717) is 31.6 Å². The second-order valence-corrected chi connectivity index (χ2v) is 7.11. The number of aromatic carboxylic acids is 1. The lowest BCUT2D eigenvalue weighted by atomic mass is 9.96. The number of benzene rings is 1. The van der Waals surface area contributed by atoms with Crippen molar-refractivity contribution >= 4 is 23.7 Å². The van der Waals surface area contributed by atoms with Crippen LogP contribution in [0.2, 0.25) is 0 Å². The molecule has 136 valence electrons. The normalized spacial score (nSPS) is 15.6. The molecule has 2 rings (SSSR count). The van der Waals surface area contributed by atoms with Gasteiger partial charge in [0.1, 0.15) is 5.60 Å². The third-order valence-corrected chi connectivity index (χ3v) is 3.92. The Morgan fingerprint density at radius 1 is 1.12 bits per heavy atom. The molecule has 0 spiro atoms. The molecule has 1 aromatic carbocycles. The minimum absolute atomic E-state index is 0.119. The lowest BCUT2D eigenvalue weighted by Gasteiger charge is -2.32. The van der Waals surface area contributed by atoms with Gasteiger partial charge < -0.3 is 20.1 Å². The molecule has 7 heteroatoms. The van der Waals surface area contributed by atoms with Gasteiger partial charge in [-0.3, -0.25) is 4.79 Å². The minimum atomic E-state index is -1.01. The van der Waals surface area contributed by atoms with E-state index in [1.807, 2.05) is 20.8 Å². The predicted octanol–water partition coefficient (Wildman–Crippen LogP) is 2.97. The average molecular weight is 348 g/mol. The van der Waals surface area contributed by atoms with Crippen molar-refractivity contribution in [2.24, 2.45) is 5.92 Å². The summed E-state index contributed by atoms with van der Waals surface area (Å²) in [6.45, 7) is 6.41. The number of rotatable bonds is 3. The molecule has 1 aromatic rings. The molecule has 2 amide bonds. The molecule has 2 N–H and O–H groups in total. The van der Waals surface area contributed by atoms with Crippen LogP contribution in [0.25, 0.3) is 0 Å². The molecular formula is C18H24N2O5. The van der Waals surface area contributed by atoms with E-state index in [1.54, 1.807) is 17.0 Å². The van der Waals surface area contributed by atoms with Gasteiger partial charge in [0.25, 0.3) is 0 Å². The summed E-state index contributed by atoms with van der Waals surface area (Å²) in [6, 6.07) is 6.03. The van der Waals surface area contributed by atoms with Gasteiger partial charge in [-0.05, 0) is 57.9 Å². The molecule has 1 aliphatic heterocycles. The maximum absolute atomic E-state index is 12.3. The number of likely N-dealkylation sites (tertiary alicyclic amines) is 1. The Morgan fingerprint density at radius 2 is 1.68 bits per heavy atom. The number of hydrogen-bond donors (Lipinski definition) is 2. The zero-order valence-corrected chi connectivity index (χ0v) is 14.7. The fourth-order valence-electron chi connectivity index (χ4n) is 2.59. The maximum Gasteiger partial charge on any atom is 0.410 e. The summed E-state index contributed by atoms with van der Waals surface area (Å²) < 4.78 is 5.34. The molecule has 1 aliphatic rings. The largest absolute Gasteiger partial charge is 0.478 e. The SMILES string of the molecule is CC(C)(C)OC(=O)N1CCC(C(=O)Nc2ccc(C(=O)O)cc2)CC1. The molecular weight excluding hydrogens is 324 g/mol. The second-order valence-electron chi connectivity index (χ2n) is 7.11. The molecule has 1 saturated heterocycles. The smallest absolute Gasteiger partial charge is 0.410 e. The van der Waals surface area contributed by atoms with E-state index in [1.165, 1.54) is 12.1 Å². The van der Waals surface area contributed by atoms with Gasteiger partial charge in [0.15, 0.2) is 0 Å². The number of hydrogen-bond acceptors (Lipinski definition) is 4. The van der Waals surface area contributed by atoms with Crippen LogP contribution in [-0.2, 0) is 9.53 Å². The van der Waals surface area contributed by atoms with Crippen LogP contribution in [0.15, 0.2) is 24.3 Å². The fraction of sp³-hybridized carbons (Fsp3) is 0.500. The van der Waals surface area contributed by atoms with Crippen molar-refractivity contribution < 1.29 is 24.2 Å². The van der Waals surface area contributed by atoms with E-state index in [-0.39, 0.29) is 23.5 Å². The highest BCUT2D eigenvalue weighted by molar-refractivity contribution is 5.94. The standard InChI is InChI=1S/C18H24N2O5/c1-18(2,3)25-17(24)20-10-8-12(9-11-20)15(21)19-14-6-4-13(5-7-14)16(22)23/h4-7,12H,8-11H2,1-3H3,(H,19,21)(H,22,23). The summed E-state index contributed by atoms with van der Waals surface area (Å²) in [7, 11) is 0. The summed E-state index contributed by atoms with van der Waals surface area (Å²) in [5, 5.41) is 11.7. The zero-order chi connectivity index (χ0) is 18.6. The van der Waals surface area contributed by atoms with Crippen LogP contribution in [0.5, 0.6) is 0 Å². The van der Waals surface area contributed by atoms with Crippen molar-refractivity contribution in [2.45, 2.75) is 39.2 Å². The Hall–Kier alpha value is -2.57. The monoisotopic (exact) mass is 348 g/mol. The van der Waals surface area contributed by atoms with E-state index in [2.05, 4.69) is 5.32 Å². The van der Waals surface area contributed by atoms with Crippen molar-refractivity contribution in [1.82, 2.24) is 4.90 Å². The third-order valence-electron chi connectivity index (χ3n) is 3.92. The fourth-order valence-corrected chi connectivity index (χ4v) is 2.59. The van der Waals surface area contributed by atoms with Crippen LogP contribution < -0.4 is 5.32 Å². The summed E-state index contributed by atoms with van der Waals surface area (Å²) in [5.74, 6) is -1.31. The van der Waals surface area contributed by atoms with Crippen LogP contribution in [-0.4, -0.2) is 46.7 Å². The summed E-state index contributed by atoms with van der Waals surface area (Å²) in [5.41, 5.74) is 0.196. The maximum atomic E-state index is 12.3. The zero-order valence-electron chi connectivity index (χ0n) is 14.7. The van der Waals surface area contributed by atoms with Crippen LogP contribution in [0, 0.1) is 5.92 Å². The number of piperidine rings is 1. The first-order valence-corrected chi connectivity index (χ1v) is 8.28. The quantitative estimate of drug-likeness (QED) is 0.875. The highest BCUT2D eigenvalue weighted by Crippen LogP contribution is 2.21. The predicted molar refractivity (Wildman–Crippen MR) is 92.6 cm³/mol. The van der Waals surface area contributed by atoms with Gasteiger partial charge in [-0.25, -0.2) is 9.59 Å². The number of ether oxygens (including phenoxy) is 1. The molecule has 1 fully saturated rings. The Kier molecular flexibility index (Phi) is 5.66.